The highest BCUT2D eigenvalue weighted by Gasteiger charge is 2.39. The third-order valence-corrected chi connectivity index (χ3v) is 3.63. The molecule has 112 valence electrons. The maximum Gasteiger partial charge on any atom is 0.256 e. The number of amides is 2. The number of anilines is 2. The highest BCUT2D eigenvalue weighted by molar-refractivity contribution is 6.23. The van der Waals surface area contributed by atoms with Crippen LogP contribution in [0, 0.1) is 6.92 Å². The molecule has 0 spiro atoms. The number of phenols is 1. The number of aromatic hydroxyl groups is 1. The topological polar surface area (TPSA) is 69.6 Å². The number of rotatable bonds is 3. The summed E-state index contributed by atoms with van der Waals surface area (Å²) in [5.41, 5.74) is 2.32. The molecule has 2 aromatic rings. The van der Waals surface area contributed by atoms with E-state index in [2.05, 4.69) is 5.32 Å². The van der Waals surface area contributed by atoms with Gasteiger partial charge in [0, 0.05) is 11.8 Å². The Morgan fingerprint density at radius 2 is 1.86 bits per heavy atom. The van der Waals surface area contributed by atoms with E-state index in [0.717, 1.165) is 16.2 Å². The van der Waals surface area contributed by atoms with Gasteiger partial charge in [-0.25, -0.2) is 4.90 Å². The van der Waals surface area contributed by atoms with Crippen molar-refractivity contribution < 1.29 is 14.7 Å². The Bertz CT molecular complexity index is 725. The molecule has 1 aliphatic rings. The molecule has 2 N–H and O–H groups in total. The molecule has 2 amide bonds. The molecule has 22 heavy (non-hydrogen) atoms. The van der Waals surface area contributed by atoms with E-state index in [4.69, 9.17) is 0 Å². The van der Waals surface area contributed by atoms with Gasteiger partial charge in [0.25, 0.3) is 5.91 Å². The minimum absolute atomic E-state index is 0.0213. The summed E-state index contributed by atoms with van der Waals surface area (Å²) in [6.45, 7) is 1.98. The van der Waals surface area contributed by atoms with Crippen LogP contribution in [0.2, 0.25) is 0 Å². The van der Waals surface area contributed by atoms with E-state index in [1.54, 1.807) is 12.1 Å². The average molecular weight is 296 g/mol. The highest BCUT2D eigenvalue weighted by atomic mass is 16.3. The lowest BCUT2D eigenvalue weighted by Gasteiger charge is -2.16. The number of carbonyl (C=O) groups excluding carboxylic acids is 2. The predicted molar refractivity (Wildman–Crippen MR) is 83.8 cm³/mol. The van der Waals surface area contributed by atoms with Crippen LogP contribution in [0.4, 0.5) is 11.4 Å². The second-order valence-corrected chi connectivity index (χ2v) is 5.35. The van der Waals surface area contributed by atoms with Gasteiger partial charge in [0.05, 0.1) is 12.1 Å². The van der Waals surface area contributed by atoms with Gasteiger partial charge >= 0.3 is 0 Å². The van der Waals surface area contributed by atoms with Crippen LogP contribution in [0.5, 0.6) is 5.75 Å². The smallest absolute Gasteiger partial charge is 0.256 e. The minimum atomic E-state index is -0.586. The van der Waals surface area contributed by atoms with Gasteiger partial charge in [0.2, 0.25) is 5.91 Å². The first-order valence-electron chi connectivity index (χ1n) is 7.03. The molecule has 1 atom stereocenters. The molecule has 0 radical (unpaired) electrons. The van der Waals surface area contributed by atoms with E-state index in [-0.39, 0.29) is 24.0 Å². The van der Waals surface area contributed by atoms with Crippen LogP contribution in [0.1, 0.15) is 12.0 Å². The first-order valence-corrected chi connectivity index (χ1v) is 7.03. The SMILES string of the molecule is Cc1ccc(NC2CC(=O)N(c3cccc(O)c3)C2=O)cc1. The zero-order valence-electron chi connectivity index (χ0n) is 12.1. The lowest BCUT2D eigenvalue weighted by Crippen LogP contribution is -2.34. The summed E-state index contributed by atoms with van der Waals surface area (Å²) in [5.74, 6) is -0.565. The fourth-order valence-corrected chi connectivity index (χ4v) is 2.50. The summed E-state index contributed by atoms with van der Waals surface area (Å²) >= 11 is 0. The molecular formula is C17H16N2O3. The van der Waals surface area contributed by atoms with Gasteiger partial charge < -0.3 is 10.4 Å². The summed E-state index contributed by atoms with van der Waals surface area (Å²) in [6, 6.07) is 13.2. The van der Waals surface area contributed by atoms with Crippen LogP contribution in [-0.4, -0.2) is 23.0 Å². The summed E-state index contributed by atoms with van der Waals surface area (Å²) in [4.78, 5) is 25.7. The van der Waals surface area contributed by atoms with Crippen molar-refractivity contribution in [3.8, 4) is 5.75 Å². The fourth-order valence-electron chi connectivity index (χ4n) is 2.50. The number of nitrogens with one attached hydrogen (secondary N) is 1. The van der Waals surface area contributed by atoms with E-state index >= 15 is 0 Å². The molecular weight excluding hydrogens is 280 g/mol. The molecule has 0 aliphatic carbocycles. The zero-order chi connectivity index (χ0) is 15.7. The Kier molecular flexibility index (Phi) is 3.55. The van der Waals surface area contributed by atoms with Crippen molar-refractivity contribution in [2.45, 2.75) is 19.4 Å². The second-order valence-electron chi connectivity index (χ2n) is 5.35. The molecule has 5 heteroatoms. The summed E-state index contributed by atoms with van der Waals surface area (Å²) < 4.78 is 0. The van der Waals surface area contributed by atoms with Gasteiger partial charge in [0.15, 0.2) is 0 Å². The van der Waals surface area contributed by atoms with Crippen LogP contribution < -0.4 is 10.2 Å². The molecule has 5 nitrogen and oxygen atoms in total. The molecule has 1 fully saturated rings. The van der Waals surface area contributed by atoms with Crippen molar-refractivity contribution >= 4 is 23.2 Å². The second kappa shape index (κ2) is 5.52. The van der Waals surface area contributed by atoms with Crippen molar-refractivity contribution in [3.05, 3.63) is 54.1 Å². The van der Waals surface area contributed by atoms with Gasteiger partial charge in [-0.1, -0.05) is 23.8 Å². The van der Waals surface area contributed by atoms with Crippen LogP contribution in [0.25, 0.3) is 0 Å². The number of benzene rings is 2. The Morgan fingerprint density at radius 1 is 1.14 bits per heavy atom. The van der Waals surface area contributed by atoms with Gasteiger partial charge in [-0.05, 0) is 31.2 Å². The van der Waals surface area contributed by atoms with E-state index in [1.165, 1.54) is 12.1 Å². The van der Waals surface area contributed by atoms with Gasteiger partial charge in [-0.2, -0.15) is 0 Å². The quantitative estimate of drug-likeness (QED) is 0.854. The number of hydrogen-bond acceptors (Lipinski definition) is 4. The Morgan fingerprint density at radius 3 is 2.55 bits per heavy atom. The van der Waals surface area contributed by atoms with E-state index < -0.39 is 6.04 Å². The van der Waals surface area contributed by atoms with Gasteiger partial charge in [-0.15, -0.1) is 0 Å². The standard InChI is InChI=1S/C17H16N2O3/c1-11-5-7-12(8-6-11)18-15-10-16(21)19(17(15)22)13-3-2-4-14(20)9-13/h2-9,15,18,20H,10H2,1H3. The van der Waals surface area contributed by atoms with Crippen LogP contribution in [0.3, 0.4) is 0 Å². The molecule has 2 aromatic carbocycles. The minimum Gasteiger partial charge on any atom is -0.508 e. The molecule has 0 saturated carbocycles. The third kappa shape index (κ3) is 2.65. The molecule has 0 bridgehead atoms. The van der Waals surface area contributed by atoms with Gasteiger partial charge in [-0.3, -0.25) is 9.59 Å². The number of aryl methyl sites for hydroxylation is 1. The maximum absolute atomic E-state index is 12.5. The Balaban J connectivity index is 1.81. The molecule has 1 heterocycles. The Hall–Kier alpha value is -2.82. The Labute approximate surface area is 128 Å². The van der Waals surface area contributed by atoms with E-state index in [0.29, 0.717) is 5.69 Å². The molecule has 3 rings (SSSR count). The van der Waals surface area contributed by atoms with Crippen molar-refractivity contribution in [2.24, 2.45) is 0 Å². The maximum atomic E-state index is 12.5. The highest BCUT2D eigenvalue weighted by Crippen LogP contribution is 2.27. The lowest BCUT2D eigenvalue weighted by molar-refractivity contribution is -0.121. The summed E-state index contributed by atoms with van der Waals surface area (Å²) in [6.07, 6.45) is 0.0996. The van der Waals surface area contributed by atoms with Crippen LogP contribution in [0.15, 0.2) is 48.5 Å². The fraction of sp³-hybridized carbons (Fsp3) is 0.176. The molecule has 1 unspecified atom stereocenters. The van der Waals surface area contributed by atoms with E-state index in [1.807, 2.05) is 31.2 Å². The predicted octanol–water partition coefficient (Wildman–Crippen LogP) is 2.44. The molecule has 1 aliphatic heterocycles. The number of imide groups is 1. The van der Waals surface area contributed by atoms with Gasteiger partial charge in [0.1, 0.15) is 11.8 Å². The first kappa shape index (κ1) is 14.1. The van der Waals surface area contributed by atoms with Crippen molar-refractivity contribution in [3.63, 3.8) is 0 Å². The average Bonchev–Trinajstić information content (AvgIpc) is 2.76. The number of phenolic OH excluding ortho intramolecular Hbond substituents is 1. The monoisotopic (exact) mass is 296 g/mol. The lowest BCUT2D eigenvalue weighted by atomic mass is 10.2. The zero-order valence-corrected chi connectivity index (χ0v) is 12.1. The largest absolute Gasteiger partial charge is 0.508 e. The normalized spacial score (nSPS) is 17.9. The van der Waals surface area contributed by atoms with Crippen molar-refractivity contribution in [1.82, 2.24) is 0 Å². The molecule has 0 aromatic heterocycles. The summed E-state index contributed by atoms with van der Waals surface area (Å²) in [5, 5.41) is 12.6. The van der Waals surface area contributed by atoms with Crippen molar-refractivity contribution in [2.75, 3.05) is 10.2 Å². The number of hydrogen-bond donors (Lipinski definition) is 2. The molecule has 1 saturated heterocycles. The van der Waals surface area contributed by atoms with Crippen LogP contribution >= 0.6 is 0 Å². The van der Waals surface area contributed by atoms with E-state index in [9.17, 15) is 14.7 Å². The first-order chi connectivity index (χ1) is 10.5. The third-order valence-electron chi connectivity index (χ3n) is 3.63. The number of nitrogens with zero attached hydrogens (tertiary/aromatic N) is 1. The van der Waals surface area contributed by atoms with Crippen LogP contribution in [-0.2, 0) is 9.59 Å². The number of carbonyl (C=O) groups is 2. The van der Waals surface area contributed by atoms with Crippen molar-refractivity contribution in [1.29, 1.82) is 0 Å². The summed E-state index contributed by atoms with van der Waals surface area (Å²) in [7, 11) is 0.